The third-order valence-corrected chi connectivity index (χ3v) is 9.48. The molecule has 4 rings (SSSR count). The Morgan fingerprint density at radius 3 is 2.62 bits per heavy atom. The van der Waals surface area contributed by atoms with E-state index in [0.29, 0.717) is 45.7 Å². The van der Waals surface area contributed by atoms with Crippen molar-refractivity contribution in [3.05, 3.63) is 25.3 Å². The number of morpholine rings is 1. The van der Waals surface area contributed by atoms with Gasteiger partial charge in [0.1, 0.15) is 17.6 Å². The topological polar surface area (TPSA) is 109 Å². The quantitative estimate of drug-likeness (QED) is 0.194. The number of aliphatic hydroxyl groups excluding tert-OH is 1. The molecule has 0 aromatic heterocycles. The molecule has 4 aliphatic rings. The van der Waals surface area contributed by atoms with E-state index in [9.17, 15) is 19.5 Å². The van der Waals surface area contributed by atoms with Crippen molar-refractivity contribution in [3.63, 3.8) is 0 Å². The maximum Gasteiger partial charge on any atom is 0.312 e. The third-order valence-electron chi connectivity index (χ3n) is 9.48. The Morgan fingerprint density at radius 2 is 1.98 bits per heavy atom. The van der Waals surface area contributed by atoms with E-state index >= 15 is 0 Å². The molecule has 224 valence electrons. The number of unbranched alkanes of at least 4 members (excludes halogenated alkanes) is 2. The maximum atomic E-state index is 14.4. The van der Waals surface area contributed by atoms with Gasteiger partial charge in [-0.05, 0) is 45.4 Å². The van der Waals surface area contributed by atoms with Gasteiger partial charge in [0, 0.05) is 32.7 Å². The van der Waals surface area contributed by atoms with E-state index in [1.54, 1.807) is 17.9 Å². The van der Waals surface area contributed by atoms with E-state index in [4.69, 9.17) is 14.2 Å². The van der Waals surface area contributed by atoms with Crippen molar-refractivity contribution >= 4 is 17.8 Å². The first-order valence-corrected chi connectivity index (χ1v) is 14.8. The fourth-order valence-corrected chi connectivity index (χ4v) is 7.24. The molecule has 4 heterocycles. The Bertz CT molecular complexity index is 969. The van der Waals surface area contributed by atoms with Crippen molar-refractivity contribution in [3.8, 4) is 0 Å². The van der Waals surface area contributed by atoms with Crippen LogP contribution in [0.25, 0.3) is 0 Å². The average molecular weight is 562 g/mol. The minimum absolute atomic E-state index is 0.0734. The predicted molar refractivity (Wildman–Crippen MR) is 149 cm³/mol. The summed E-state index contributed by atoms with van der Waals surface area (Å²) in [5, 5.41) is 10.1. The van der Waals surface area contributed by atoms with Gasteiger partial charge < -0.3 is 29.1 Å². The molecule has 4 fully saturated rings. The van der Waals surface area contributed by atoms with E-state index in [2.05, 4.69) is 18.1 Å². The Hall–Kier alpha value is -2.27. The smallest absolute Gasteiger partial charge is 0.312 e. The van der Waals surface area contributed by atoms with Gasteiger partial charge in [-0.25, -0.2) is 0 Å². The minimum atomic E-state index is -1.17. The number of nitrogens with zero attached hydrogens (tertiary/aromatic N) is 3. The normalized spacial score (nSPS) is 34.0. The number of rotatable bonds is 14. The molecule has 0 aromatic carbocycles. The summed E-state index contributed by atoms with van der Waals surface area (Å²) in [6.45, 7) is 17.5. The molecule has 0 aliphatic carbocycles. The molecular formula is C30H47N3O7. The molecule has 2 amide bonds. The van der Waals surface area contributed by atoms with Crippen molar-refractivity contribution in [1.82, 2.24) is 14.7 Å². The van der Waals surface area contributed by atoms with Gasteiger partial charge in [-0.3, -0.25) is 19.3 Å². The van der Waals surface area contributed by atoms with Gasteiger partial charge in [0.05, 0.1) is 44.0 Å². The molecule has 4 aliphatic heterocycles. The van der Waals surface area contributed by atoms with Crippen LogP contribution >= 0.6 is 0 Å². The van der Waals surface area contributed by atoms with Crippen LogP contribution < -0.4 is 0 Å². The molecule has 3 unspecified atom stereocenters. The molecule has 10 nitrogen and oxygen atoms in total. The van der Waals surface area contributed by atoms with Crippen LogP contribution in [0.1, 0.15) is 46.5 Å². The fraction of sp³-hybridized carbons (Fsp3) is 0.767. The number of likely N-dealkylation sites (tertiary alicyclic amines) is 1. The van der Waals surface area contributed by atoms with Crippen LogP contribution in [0.4, 0.5) is 0 Å². The van der Waals surface area contributed by atoms with E-state index in [1.165, 1.54) is 4.90 Å². The van der Waals surface area contributed by atoms with Crippen molar-refractivity contribution in [2.24, 2.45) is 17.8 Å². The second kappa shape index (κ2) is 12.7. The number of fused-ring (bicyclic) bond motifs is 1. The summed E-state index contributed by atoms with van der Waals surface area (Å²) in [6, 6.07) is -1.57. The molecule has 1 N–H and O–H groups in total. The van der Waals surface area contributed by atoms with Crippen molar-refractivity contribution in [2.75, 3.05) is 59.2 Å². The van der Waals surface area contributed by atoms with Crippen molar-refractivity contribution < 1.29 is 33.7 Å². The third kappa shape index (κ3) is 5.35. The van der Waals surface area contributed by atoms with Gasteiger partial charge in [0.2, 0.25) is 11.8 Å². The molecular weight excluding hydrogens is 514 g/mol. The van der Waals surface area contributed by atoms with E-state index in [1.807, 2.05) is 19.9 Å². The zero-order valence-corrected chi connectivity index (χ0v) is 24.4. The monoisotopic (exact) mass is 561 g/mol. The maximum absolute atomic E-state index is 14.4. The summed E-state index contributed by atoms with van der Waals surface area (Å²) in [4.78, 5) is 47.6. The number of hydrogen-bond donors (Lipinski definition) is 1. The molecule has 2 bridgehead atoms. The first kappa shape index (κ1) is 30.7. The summed E-state index contributed by atoms with van der Waals surface area (Å²) in [5.74, 6) is -2.75. The minimum Gasteiger partial charge on any atom is -0.465 e. The second-order valence-electron chi connectivity index (χ2n) is 12.0. The highest BCUT2D eigenvalue weighted by Crippen LogP contribution is 2.65. The number of amides is 2. The molecule has 0 radical (unpaired) electrons. The molecule has 7 atom stereocenters. The van der Waals surface area contributed by atoms with Gasteiger partial charge in [-0.1, -0.05) is 19.1 Å². The van der Waals surface area contributed by atoms with Crippen LogP contribution in [-0.4, -0.2) is 120 Å². The van der Waals surface area contributed by atoms with Gasteiger partial charge in [0.15, 0.2) is 0 Å². The van der Waals surface area contributed by atoms with Gasteiger partial charge in [-0.2, -0.15) is 0 Å². The molecule has 0 saturated carbocycles. The van der Waals surface area contributed by atoms with Crippen molar-refractivity contribution in [2.45, 2.75) is 69.7 Å². The van der Waals surface area contributed by atoms with Crippen LogP contribution in [0.15, 0.2) is 25.3 Å². The van der Waals surface area contributed by atoms with Gasteiger partial charge in [-0.15, -0.1) is 13.2 Å². The standard InChI is InChI=1S/C30H47N3O7/c1-6-8-9-10-16-39-28(37)24-23-26(35)33(22(4)20-34)25(30(23)19-21(3)29(24,5)40-30)27(36)32(11-7-2)13-12-31-14-17-38-18-15-31/h6-7,21-25,34H,1-2,8-20H2,3-5H3/t21?,22-,23+,24+,25?,29-,30?/m1/s1. The summed E-state index contributed by atoms with van der Waals surface area (Å²) in [5.41, 5.74) is -2.10. The lowest BCUT2D eigenvalue weighted by Gasteiger charge is -2.39. The lowest BCUT2D eigenvalue weighted by Crippen LogP contribution is -2.59. The molecule has 10 heteroatoms. The van der Waals surface area contributed by atoms with Crippen LogP contribution in [0, 0.1) is 17.8 Å². The lowest BCUT2D eigenvalue weighted by atomic mass is 9.62. The second-order valence-corrected chi connectivity index (χ2v) is 12.0. The summed E-state index contributed by atoms with van der Waals surface area (Å²) in [6.07, 6.45) is 6.40. The predicted octanol–water partition coefficient (Wildman–Crippen LogP) is 1.62. The van der Waals surface area contributed by atoms with Crippen LogP contribution in [0.5, 0.6) is 0 Å². The number of esters is 1. The Labute approximate surface area is 238 Å². The Balaban J connectivity index is 1.63. The zero-order chi connectivity index (χ0) is 29.1. The van der Waals surface area contributed by atoms with Crippen LogP contribution in [-0.2, 0) is 28.6 Å². The van der Waals surface area contributed by atoms with Gasteiger partial charge >= 0.3 is 5.97 Å². The van der Waals surface area contributed by atoms with Crippen LogP contribution in [0.2, 0.25) is 0 Å². The first-order valence-electron chi connectivity index (χ1n) is 14.8. The first-order chi connectivity index (χ1) is 19.2. The zero-order valence-electron chi connectivity index (χ0n) is 24.4. The number of ether oxygens (including phenoxy) is 3. The number of aliphatic hydroxyl groups is 1. The average Bonchev–Trinajstić information content (AvgIpc) is 3.47. The highest BCUT2D eigenvalue weighted by molar-refractivity contribution is 5.98. The highest BCUT2D eigenvalue weighted by Gasteiger charge is 2.80. The number of hydrogen-bond acceptors (Lipinski definition) is 8. The molecule has 0 aromatic rings. The number of allylic oxidation sites excluding steroid dienone is 1. The van der Waals surface area contributed by atoms with E-state index < -0.39 is 41.1 Å². The SMILES string of the molecule is C=CCCCCOC(=O)[C@@H]1[C@H]2C(=O)N([C@H](C)CO)C(C(=O)N(CC=C)CCN3CCOCC3)C23CC(C)[C@@]1(C)O3. The lowest BCUT2D eigenvalue weighted by molar-refractivity contribution is -0.163. The van der Waals surface area contributed by atoms with Gasteiger partial charge in [0.25, 0.3) is 0 Å². The molecule has 40 heavy (non-hydrogen) atoms. The number of carbonyl (C=O) groups excluding carboxylic acids is 3. The number of carbonyl (C=O) groups is 3. The Kier molecular flexibility index (Phi) is 9.75. The molecule has 4 saturated heterocycles. The fourth-order valence-electron chi connectivity index (χ4n) is 7.24. The summed E-state index contributed by atoms with van der Waals surface area (Å²) >= 11 is 0. The van der Waals surface area contributed by atoms with E-state index in [0.717, 1.165) is 25.9 Å². The summed E-state index contributed by atoms with van der Waals surface area (Å²) < 4.78 is 17.9. The van der Waals surface area contributed by atoms with Crippen molar-refractivity contribution in [1.29, 1.82) is 0 Å². The largest absolute Gasteiger partial charge is 0.465 e. The molecule has 1 spiro atoms. The van der Waals surface area contributed by atoms with Crippen LogP contribution in [0.3, 0.4) is 0 Å². The van der Waals surface area contributed by atoms with E-state index in [-0.39, 0.29) is 30.9 Å². The Morgan fingerprint density at radius 1 is 1.25 bits per heavy atom. The highest BCUT2D eigenvalue weighted by atomic mass is 16.6. The summed E-state index contributed by atoms with van der Waals surface area (Å²) in [7, 11) is 0.